The van der Waals surface area contributed by atoms with Crippen molar-refractivity contribution in [2.75, 3.05) is 19.8 Å². The van der Waals surface area contributed by atoms with Crippen LogP contribution in [0.25, 0.3) is 0 Å². The SMILES string of the molecule is CC1CNC(C)(CC2CCCO2)OC1. The Hall–Kier alpha value is -0.120. The molecule has 0 bridgehead atoms. The lowest BCUT2D eigenvalue weighted by Gasteiger charge is -2.39. The summed E-state index contributed by atoms with van der Waals surface area (Å²) in [6.07, 6.45) is 3.79. The van der Waals surface area contributed by atoms with Crippen LogP contribution in [0.5, 0.6) is 0 Å². The van der Waals surface area contributed by atoms with Gasteiger partial charge < -0.3 is 9.47 Å². The van der Waals surface area contributed by atoms with Gasteiger partial charge in [0, 0.05) is 19.6 Å². The van der Waals surface area contributed by atoms with Gasteiger partial charge in [0.15, 0.2) is 0 Å². The van der Waals surface area contributed by atoms with Crippen LogP contribution >= 0.6 is 0 Å². The maximum atomic E-state index is 5.85. The Morgan fingerprint density at radius 2 is 2.36 bits per heavy atom. The smallest absolute Gasteiger partial charge is 0.118 e. The molecule has 82 valence electrons. The van der Waals surface area contributed by atoms with Gasteiger partial charge >= 0.3 is 0 Å². The van der Waals surface area contributed by atoms with E-state index in [4.69, 9.17) is 9.47 Å². The highest BCUT2D eigenvalue weighted by atomic mass is 16.5. The summed E-state index contributed by atoms with van der Waals surface area (Å²) in [6.45, 7) is 7.20. The molecule has 14 heavy (non-hydrogen) atoms. The first-order valence-electron chi connectivity index (χ1n) is 5.68. The molecule has 0 aliphatic carbocycles. The van der Waals surface area contributed by atoms with Crippen LogP contribution in [-0.2, 0) is 9.47 Å². The largest absolute Gasteiger partial charge is 0.378 e. The summed E-state index contributed by atoms with van der Waals surface area (Å²) in [6, 6.07) is 0. The summed E-state index contributed by atoms with van der Waals surface area (Å²) < 4.78 is 11.5. The molecular weight excluding hydrogens is 178 g/mol. The van der Waals surface area contributed by atoms with Gasteiger partial charge in [-0.3, -0.25) is 5.32 Å². The minimum absolute atomic E-state index is 0.151. The molecule has 2 fully saturated rings. The Kier molecular flexibility index (Phi) is 3.10. The van der Waals surface area contributed by atoms with E-state index in [1.807, 2.05) is 0 Å². The van der Waals surface area contributed by atoms with Crippen molar-refractivity contribution < 1.29 is 9.47 Å². The molecule has 0 radical (unpaired) electrons. The first kappa shape index (κ1) is 10.4. The highest BCUT2D eigenvalue weighted by Crippen LogP contribution is 2.26. The van der Waals surface area contributed by atoms with Crippen molar-refractivity contribution in [1.29, 1.82) is 0 Å². The average molecular weight is 199 g/mol. The Balaban J connectivity index is 1.82. The zero-order valence-corrected chi connectivity index (χ0v) is 9.21. The number of hydrogen-bond acceptors (Lipinski definition) is 3. The van der Waals surface area contributed by atoms with Crippen LogP contribution in [0.3, 0.4) is 0 Å². The molecule has 2 heterocycles. The number of ether oxygens (including phenoxy) is 2. The predicted molar refractivity (Wildman–Crippen MR) is 55.1 cm³/mol. The molecule has 2 aliphatic heterocycles. The summed E-state index contributed by atoms with van der Waals surface area (Å²) in [5.41, 5.74) is -0.151. The third-order valence-corrected chi connectivity index (χ3v) is 3.15. The molecule has 0 aromatic heterocycles. The second kappa shape index (κ2) is 4.17. The molecule has 3 nitrogen and oxygen atoms in total. The van der Waals surface area contributed by atoms with Crippen LogP contribution in [0.2, 0.25) is 0 Å². The van der Waals surface area contributed by atoms with Crippen LogP contribution in [0.15, 0.2) is 0 Å². The second-order valence-electron chi connectivity index (χ2n) is 4.87. The second-order valence-corrected chi connectivity index (χ2v) is 4.87. The predicted octanol–water partition coefficient (Wildman–Crippen LogP) is 1.53. The van der Waals surface area contributed by atoms with Crippen LogP contribution in [0.1, 0.15) is 33.1 Å². The molecular formula is C11H21NO2. The molecule has 2 saturated heterocycles. The van der Waals surface area contributed by atoms with Gasteiger partial charge in [-0.2, -0.15) is 0 Å². The Bertz CT molecular complexity index is 182. The maximum absolute atomic E-state index is 5.85. The molecule has 0 aromatic carbocycles. The van der Waals surface area contributed by atoms with E-state index in [1.54, 1.807) is 0 Å². The van der Waals surface area contributed by atoms with Crippen LogP contribution in [0, 0.1) is 5.92 Å². The van der Waals surface area contributed by atoms with Gasteiger partial charge in [-0.1, -0.05) is 6.92 Å². The lowest BCUT2D eigenvalue weighted by molar-refractivity contribution is -0.123. The quantitative estimate of drug-likeness (QED) is 0.731. The Labute approximate surface area is 86.2 Å². The fourth-order valence-electron chi connectivity index (χ4n) is 2.20. The van der Waals surface area contributed by atoms with Gasteiger partial charge in [-0.05, 0) is 25.7 Å². The van der Waals surface area contributed by atoms with Gasteiger partial charge in [0.1, 0.15) is 5.72 Å². The molecule has 3 heteroatoms. The Morgan fingerprint density at radius 3 is 2.93 bits per heavy atom. The summed E-state index contributed by atoms with van der Waals surface area (Å²) in [5, 5.41) is 3.47. The molecule has 0 amide bonds. The lowest BCUT2D eigenvalue weighted by Crippen LogP contribution is -2.53. The molecule has 1 N–H and O–H groups in total. The number of nitrogens with one attached hydrogen (secondary N) is 1. The van der Waals surface area contributed by atoms with Crippen LogP contribution in [0.4, 0.5) is 0 Å². The van der Waals surface area contributed by atoms with E-state index in [2.05, 4.69) is 19.2 Å². The molecule has 0 spiro atoms. The molecule has 2 aliphatic rings. The number of rotatable bonds is 2. The monoisotopic (exact) mass is 199 g/mol. The van der Waals surface area contributed by atoms with Crippen molar-refractivity contribution in [2.45, 2.75) is 44.9 Å². The average Bonchev–Trinajstić information content (AvgIpc) is 2.63. The third kappa shape index (κ3) is 2.47. The zero-order chi connectivity index (χ0) is 10.0. The molecule has 3 atom stereocenters. The van der Waals surface area contributed by atoms with E-state index in [1.165, 1.54) is 12.8 Å². The minimum atomic E-state index is -0.151. The Morgan fingerprint density at radius 1 is 1.50 bits per heavy atom. The van der Waals surface area contributed by atoms with Crippen molar-refractivity contribution >= 4 is 0 Å². The fraction of sp³-hybridized carbons (Fsp3) is 1.00. The molecule has 2 rings (SSSR count). The lowest BCUT2D eigenvalue weighted by atomic mass is 10.0. The van der Waals surface area contributed by atoms with E-state index in [9.17, 15) is 0 Å². The highest BCUT2D eigenvalue weighted by molar-refractivity contribution is 4.83. The van der Waals surface area contributed by atoms with Crippen molar-refractivity contribution in [2.24, 2.45) is 5.92 Å². The summed E-state index contributed by atoms with van der Waals surface area (Å²) >= 11 is 0. The van der Waals surface area contributed by atoms with Crippen LogP contribution in [-0.4, -0.2) is 31.6 Å². The van der Waals surface area contributed by atoms with Gasteiger partial charge in [0.05, 0.1) is 12.7 Å². The normalized spacial score (nSPS) is 44.1. The number of hydrogen-bond donors (Lipinski definition) is 1. The van der Waals surface area contributed by atoms with E-state index >= 15 is 0 Å². The fourth-order valence-corrected chi connectivity index (χ4v) is 2.20. The van der Waals surface area contributed by atoms with Gasteiger partial charge in [0.2, 0.25) is 0 Å². The van der Waals surface area contributed by atoms with Gasteiger partial charge in [-0.25, -0.2) is 0 Å². The van der Waals surface area contributed by atoms with Crippen LogP contribution < -0.4 is 5.32 Å². The minimum Gasteiger partial charge on any atom is -0.378 e. The van der Waals surface area contributed by atoms with E-state index in [0.717, 1.165) is 26.2 Å². The zero-order valence-electron chi connectivity index (χ0n) is 9.21. The van der Waals surface area contributed by atoms with E-state index in [-0.39, 0.29) is 5.72 Å². The topological polar surface area (TPSA) is 30.5 Å². The molecule has 0 aromatic rings. The van der Waals surface area contributed by atoms with E-state index in [0.29, 0.717) is 12.0 Å². The summed E-state index contributed by atoms with van der Waals surface area (Å²) in [5.74, 6) is 0.632. The molecule has 3 unspecified atom stereocenters. The van der Waals surface area contributed by atoms with Crippen molar-refractivity contribution in [1.82, 2.24) is 5.32 Å². The van der Waals surface area contributed by atoms with Crippen molar-refractivity contribution in [3.8, 4) is 0 Å². The van der Waals surface area contributed by atoms with Gasteiger partial charge in [0.25, 0.3) is 0 Å². The van der Waals surface area contributed by atoms with Crippen molar-refractivity contribution in [3.05, 3.63) is 0 Å². The van der Waals surface area contributed by atoms with E-state index < -0.39 is 0 Å². The van der Waals surface area contributed by atoms with Crippen molar-refractivity contribution in [3.63, 3.8) is 0 Å². The standard InChI is InChI=1S/C11H21NO2/c1-9-7-12-11(2,14-8-9)6-10-4-3-5-13-10/h9-10,12H,3-8H2,1-2H3. The van der Waals surface area contributed by atoms with Gasteiger partial charge in [-0.15, -0.1) is 0 Å². The third-order valence-electron chi connectivity index (χ3n) is 3.15. The summed E-state index contributed by atoms with van der Waals surface area (Å²) in [7, 11) is 0. The maximum Gasteiger partial charge on any atom is 0.118 e. The first-order chi connectivity index (χ1) is 6.68. The first-order valence-corrected chi connectivity index (χ1v) is 5.68. The molecule has 0 saturated carbocycles. The highest BCUT2D eigenvalue weighted by Gasteiger charge is 2.33. The summed E-state index contributed by atoms with van der Waals surface area (Å²) in [4.78, 5) is 0.